The summed E-state index contributed by atoms with van der Waals surface area (Å²) in [5.74, 6) is 1.74. The van der Waals surface area contributed by atoms with Crippen molar-refractivity contribution in [3.63, 3.8) is 0 Å². The van der Waals surface area contributed by atoms with Gasteiger partial charge in [-0.2, -0.15) is 0 Å². The van der Waals surface area contributed by atoms with Gasteiger partial charge in [-0.25, -0.2) is 15.0 Å². The van der Waals surface area contributed by atoms with Gasteiger partial charge in [0, 0.05) is 62.8 Å². The minimum Gasteiger partial charge on any atom is -0.375 e. The highest BCUT2D eigenvalue weighted by molar-refractivity contribution is 6.10. The fourth-order valence-corrected chi connectivity index (χ4v) is 9.43. The van der Waals surface area contributed by atoms with E-state index in [0.29, 0.717) is 17.5 Å². The topological polar surface area (TPSA) is 64.7 Å². The van der Waals surface area contributed by atoms with Crippen molar-refractivity contribution in [1.29, 1.82) is 0 Å². The monoisotopic (exact) mass is 809 g/mol. The average molecular weight is 810 g/mol. The van der Waals surface area contributed by atoms with Crippen LogP contribution in [0.25, 0.3) is 107 Å². The van der Waals surface area contributed by atoms with Gasteiger partial charge in [-0.15, -0.1) is 0 Å². The van der Waals surface area contributed by atoms with Gasteiger partial charge in [-0.1, -0.05) is 152 Å². The Morgan fingerprint density at radius 3 is 1.54 bits per heavy atom. The van der Waals surface area contributed by atoms with Crippen LogP contribution in [0, 0.1) is 0 Å². The summed E-state index contributed by atoms with van der Waals surface area (Å²) in [6.45, 7) is 0.740. The summed E-state index contributed by atoms with van der Waals surface area (Å²) in [4.78, 5) is 23.3. The molecular formula is C56H39N7. The van der Waals surface area contributed by atoms with Crippen molar-refractivity contribution >= 4 is 38.8 Å². The molecular weight excluding hydrogens is 771 g/mol. The lowest BCUT2D eigenvalue weighted by Gasteiger charge is -2.24. The molecule has 7 aromatic carbocycles. The van der Waals surface area contributed by atoms with Gasteiger partial charge in [-0.05, 0) is 53.7 Å². The number of nitrogens with zero attached hydrogens (tertiary/aromatic N) is 7. The SMILES string of the molecule is CN1C=Cc2c(n(-c3c(-c4ccccc4)cccc3-c3nc(-c4ccccc4)nc(-c4cccc(-c5ccccc5)c4-n4c5ccccc5c5ccncc54)n3)c3ccccc23)C1. The van der Waals surface area contributed by atoms with Crippen molar-refractivity contribution in [2.75, 3.05) is 7.05 Å². The third-order valence-electron chi connectivity index (χ3n) is 12.2. The van der Waals surface area contributed by atoms with E-state index in [1.807, 2.05) is 30.6 Å². The standard InChI is InChI=1S/C56H39N7/c1-61-34-32-45-43-24-12-14-30-49(43)63(51(45)36-61)53-41(38-19-7-3-8-20-38)26-16-28-47(53)56-59-54(39-21-9-4-10-22-39)58-55(60-56)46-27-15-25-40(37-17-5-2-6-18-37)52(46)62-48-29-13-11-23-42(48)44-31-33-57-35-50(44)62/h2-35H,36H2,1H3. The summed E-state index contributed by atoms with van der Waals surface area (Å²) in [5, 5.41) is 3.48. The predicted octanol–water partition coefficient (Wildman–Crippen LogP) is 13.1. The van der Waals surface area contributed by atoms with Crippen LogP contribution in [0.5, 0.6) is 0 Å². The summed E-state index contributed by atoms with van der Waals surface area (Å²) < 4.78 is 4.78. The highest BCUT2D eigenvalue weighted by atomic mass is 15.1. The molecule has 298 valence electrons. The van der Waals surface area contributed by atoms with E-state index < -0.39 is 0 Å². The maximum Gasteiger partial charge on any atom is 0.166 e. The van der Waals surface area contributed by atoms with Crippen LogP contribution < -0.4 is 0 Å². The molecule has 0 saturated heterocycles. The lowest BCUT2D eigenvalue weighted by Crippen LogP contribution is -2.17. The van der Waals surface area contributed by atoms with E-state index in [1.165, 1.54) is 16.6 Å². The van der Waals surface area contributed by atoms with E-state index in [9.17, 15) is 0 Å². The molecule has 7 nitrogen and oxygen atoms in total. The molecule has 4 aromatic heterocycles. The summed E-state index contributed by atoms with van der Waals surface area (Å²) in [5.41, 5.74) is 14.6. The van der Waals surface area contributed by atoms with Gasteiger partial charge in [-0.3, -0.25) is 4.98 Å². The highest BCUT2D eigenvalue weighted by Crippen LogP contribution is 2.44. The van der Waals surface area contributed by atoms with Crippen LogP contribution in [0.4, 0.5) is 0 Å². The first-order valence-corrected chi connectivity index (χ1v) is 21.2. The number of fused-ring (bicyclic) bond motifs is 6. The zero-order valence-corrected chi connectivity index (χ0v) is 34.5. The minimum absolute atomic E-state index is 0.569. The third-order valence-corrected chi connectivity index (χ3v) is 12.2. The van der Waals surface area contributed by atoms with Gasteiger partial charge in [0.25, 0.3) is 0 Å². The first-order valence-electron chi connectivity index (χ1n) is 21.2. The van der Waals surface area contributed by atoms with E-state index in [2.05, 4.69) is 202 Å². The zero-order valence-electron chi connectivity index (χ0n) is 34.5. The van der Waals surface area contributed by atoms with Crippen LogP contribution in [-0.2, 0) is 6.54 Å². The average Bonchev–Trinajstić information content (AvgIpc) is 3.86. The molecule has 0 spiro atoms. The van der Waals surface area contributed by atoms with Crippen molar-refractivity contribution in [1.82, 2.24) is 34.0 Å². The van der Waals surface area contributed by atoms with E-state index >= 15 is 0 Å². The number of pyridine rings is 1. The molecule has 11 aromatic rings. The number of hydrogen-bond donors (Lipinski definition) is 0. The van der Waals surface area contributed by atoms with Gasteiger partial charge in [0.2, 0.25) is 0 Å². The minimum atomic E-state index is 0.569. The molecule has 12 rings (SSSR count). The third kappa shape index (κ3) is 6.04. The van der Waals surface area contributed by atoms with Crippen molar-refractivity contribution in [2.24, 2.45) is 0 Å². The van der Waals surface area contributed by atoms with E-state index in [-0.39, 0.29) is 0 Å². The van der Waals surface area contributed by atoms with Crippen LogP contribution >= 0.6 is 0 Å². The first kappa shape index (κ1) is 36.4. The summed E-state index contributed by atoms with van der Waals surface area (Å²) in [6.07, 6.45) is 8.24. The molecule has 0 atom stereocenters. The molecule has 1 aliphatic heterocycles. The number of hydrogen-bond acceptors (Lipinski definition) is 5. The van der Waals surface area contributed by atoms with Gasteiger partial charge in [0.15, 0.2) is 17.5 Å². The molecule has 0 bridgehead atoms. The molecule has 0 aliphatic carbocycles. The predicted molar refractivity (Wildman–Crippen MR) is 256 cm³/mol. The fraction of sp³-hybridized carbons (Fsp3) is 0.0357. The van der Waals surface area contributed by atoms with Gasteiger partial charge < -0.3 is 14.0 Å². The molecule has 1 aliphatic rings. The molecule has 0 saturated carbocycles. The van der Waals surface area contributed by atoms with Crippen LogP contribution in [-0.4, -0.2) is 41.0 Å². The summed E-state index contributed by atoms with van der Waals surface area (Å²) >= 11 is 0. The Bertz CT molecular complexity index is 3500. The van der Waals surface area contributed by atoms with Crippen LogP contribution in [0.3, 0.4) is 0 Å². The fourth-order valence-electron chi connectivity index (χ4n) is 9.43. The second-order valence-electron chi connectivity index (χ2n) is 16.0. The molecule has 0 radical (unpaired) electrons. The number of aromatic nitrogens is 6. The number of benzene rings is 7. The Morgan fingerprint density at radius 2 is 0.905 bits per heavy atom. The molecule has 7 heteroatoms. The first-order chi connectivity index (χ1) is 31.2. The lowest BCUT2D eigenvalue weighted by molar-refractivity contribution is 0.438. The van der Waals surface area contributed by atoms with Gasteiger partial charge >= 0.3 is 0 Å². The molecule has 63 heavy (non-hydrogen) atoms. The van der Waals surface area contributed by atoms with Crippen LogP contribution in [0.15, 0.2) is 201 Å². The van der Waals surface area contributed by atoms with Crippen LogP contribution in [0.1, 0.15) is 11.3 Å². The maximum atomic E-state index is 5.59. The van der Waals surface area contributed by atoms with Gasteiger partial charge in [0.1, 0.15) is 0 Å². The Morgan fingerprint density at radius 1 is 0.413 bits per heavy atom. The molecule has 0 amide bonds. The second-order valence-corrected chi connectivity index (χ2v) is 16.0. The van der Waals surface area contributed by atoms with Crippen molar-refractivity contribution in [3.8, 4) is 67.8 Å². The normalized spacial score (nSPS) is 12.4. The van der Waals surface area contributed by atoms with E-state index in [4.69, 9.17) is 15.0 Å². The van der Waals surface area contributed by atoms with Crippen molar-refractivity contribution < 1.29 is 0 Å². The lowest BCUT2D eigenvalue weighted by atomic mass is 9.98. The second kappa shape index (κ2) is 14.9. The smallest absolute Gasteiger partial charge is 0.166 e. The Labute approximate surface area is 364 Å². The summed E-state index contributed by atoms with van der Waals surface area (Å²) in [7, 11) is 2.13. The van der Waals surface area contributed by atoms with Crippen LogP contribution in [0.2, 0.25) is 0 Å². The molecule has 5 heterocycles. The summed E-state index contributed by atoms with van der Waals surface area (Å²) in [6, 6.07) is 63.8. The van der Waals surface area contributed by atoms with E-state index in [0.717, 1.165) is 84.2 Å². The molecule has 0 fully saturated rings. The molecule has 0 N–H and O–H groups in total. The van der Waals surface area contributed by atoms with E-state index in [1.54, 1.807) is 0 Å². The number of rotatable bonds is 7. The molecule has 0 unspecified atom stereocenters. The zero-order chi connectivity index (χ0) is 41.9. The van der Waals surface area contributed by atoms with Crippen molar-refractivity contribution in [2.45, 2.75) is 6.54 Å². The largest absolute Gasteiger partial charge is 0.375 e. The highest BCUT2D eigenvalue weighted by Gasteiger charge is 2.27. The Hall–Kier alpha value is -8.42. The Balaban J connectivity index is 1.20. The number of para-hydroxylation sites is 4. The Kier molecular flexibility index (Phi) is 8.64. The van der Waals surface area contributed by atoms with Gasteiger partial charge in [0.05, 0.1) is 46.4 Å². The van der Waals surface area contributed by atoms with Crippen molar-refractivity contribution in [3.05, 3.63) is 212 Å². The maximum absolute atomic E-state index is 5.59. The quantitative estimate of drug-likeness (QED) is 0.160.